The third kappa shape index (κ3) is 6.32. The van der Waals surface area contributed by atoms with Crippen molar-refractivity contribution in [3.8, 4) is 5.88 Å². The maximum Gasteiger partial charge on any atom is 0.252 e. The first-order valence-corrected chi connectivity index (χ1v) is 6.70. The molecule has 0 amide bonds. The van der Waals surface area contributed by atoms with Gasteiger partial charge in [0.05, 0.1) is 0 Å². The fourth-order valence-corrected chi connectivity index (χ4v) is 1.32. The summed E-state index contributed by atoms with van der Waals surface area (Å²) in [5, 5.41) is 0.788. The molecule has 0 spiro atoms. The Hall–Kier alpha value is -1.17. The molecule has 0 unspecified atom stereocenters. The van der Waals surface area contributed by atoms with Gasteiger partial charge in [-0.25, -0.2) is 19.9 Å². The molecule has 2 aromatic heterocycles. The van der Waals surface area contributed by atoms with Crippen LogP contribution < -0.4 is 4.74 Å². The van der Waals surface area contributed by atoms with Gasteiger partial charge < -0.3 is 4.74 Å². The highest BCUT2D eigenvalue weighted by Crippen LogP contribution is 2.21. The lowest BCUT2D eigenvalue weighted by molar-refractivity contribution is 0.123. The number of rotatable bonds is 1. The molecule has 2 heterocycles. The number of ether oxygens (including phenoxy) is 1. The quantitative estimate of drug-likeness (QED) is 0.785. The highest BCUT2D eigenvalue weighted by molar-refractivity contribution is 6.40. The number of nitrogens with zero attached hydrogens (tertiary/aromatic N) is 4. The van der Waals surface area contributed by atoms with Crippen LogP contribution in [0.5, 0.6) is 5.88 Å². The van der Waals surface area contributed by atoms with Crippen molar-refractivity contribution in [1.29, 1.82) is 0 Å². The highest BCUT2D eigenvalue weighted by atomic mass is 35.5. The first kappa shape index (κ1) is 16.9. The second-order valence-corrected chi connectivity index (χ2v) is 5.58. The molecule has 2 aromatic rings. The molecule has 0 fully saturated rings. The van der Waals surface area contributed by atoms with Gasteiger partial charge in [0.2, 0.25) is 0 Å². The van der Waals surface area contributed by atoms with E-state index in [0.717, 1.165) is 0 Å². The van der Waals surface area contributed by atoms with Crippen molar-refractivity contribution in [3.05, 3.63) is 40.2 Å². The predicted octanol–water partition coefficient (Wildman–Crippen LogP) is 4.09. The molecule has 0 atom stereocenters. The normalized spacial score (nSPS) is 10.5. The van der Waals surface area contributed by atoms with Gasteiger partial charge >= 0.3 is 0 Å². The summed E-state index contributed by atoms with van der Waals surface area (Å²) in [6, 6.07) is 0. The first-order valence-electron chi connectivity index (χ1n) is 5.57. The second-order valence-electron chi connectivity index (χ2n) is 4.50. The first-order chi connectivity index (χ1) is 9.29. The average molecular weight is 336 g/mol. The summed E-state index contributed by atoms with van der Waals surface area (Å²) >= 11 is 16.5. The largest absolute Gasteiger partial charge is 0.470 e. The maximum absolute atomic E-state index is 5.73. The summed E-state index contributed by atoms with van der Waals surface area (Å²) < 4.78 is 5.43. The molecule has 0 bridgehead atoms. The Bertz CT molecular complexity index is 539. The minimum absolute atomic E-state index is 0.245. The smallest absolute Gasteiger partial charge is 0.252 e. The van der Waals surface area contributed by atoms with E-state index in [0.29, 0.717) is 11.0 Å². The van der Waals surface area contributed by atoms with Crippen molar-refractivity contribution in [2.24, 2.45) is 0 Å². The molecule has 0 N–H and O–H groups in total. The molecule has 8 heteroatoms. The fourth-order valence-electron chi connectivity index (χ4n) is 0.971. The topological polar surface area (TPSA) is 60.8 Å². The van der Waals surface area contributed by atoms with Crippen LogP contribution in [0, 0.1) is 0 Å². The third-order valence-corrected chi connectivity index (χ3v) is 2.55. The Kier molecular flexibility index (Phi) is 6.39. The van der Waals surface area contributed by atoms with Crippen molar-refractivity contribution in [2.75, 3.05) is 0 Å². The molecular weight excluding hydrogens is 323 g/mol. The van der Waals surface area contributed by atoms with E-state index in [9.17, 15) is 0 Å². The van der Waals surface area contributed by atoms with Gasteiger partial charge in [0, 0.05) is 24.8 Å². The summed E-state index contributed by atoms with van der Waals surface area (Å²) in [6.07, 6.45) is 6.03. The van der Waals surface area contributed by atoms with Gasteiger partial charge in [-0.2, -0.15) is 0 Å². The Labute approximate surface area is 132 Å². The molecular formula is C12H13Cl3N4O. The fraction of sp³-hybridized carbons (Fsp3) is 0.333. The maximum atomic E-state index is 5.73. The zero-order valence-electron chi connectivity index (χ0n) is 11.1. The molecule has 0 aliphatic carbocycles. The minimum Gasteiger partial charge on any atom is -0.470 e. The molecule has 5 nitrogen and oxygen atoms in total. The minimum atomic E-state index is -0.292. The van der Waals surface area contributed by atoms with Crippen LogP contribution in [0.15, 0.2) is 24.8 Å². The molecule has 0 aromatic carbocycles. The van der Waals surface area contributed by atoms with Gasteiger partial charge in [0.1, 0.15) is 5.60 Å². The average Bonchev–Trinajstić information content (AvgIpc) is 2.35. The molecule has 0 radical (unpaired) electrons. The van der Waals surface area contributed by atoms with Gasteiger partial charge in [0.25, 0.3) is 5.88 Å². The predicted molar refractivity (Wildman–Crippen MR) is 79.5 cm³/mol. The van der Waals surface area contributed by atoms with Gasteiger partial charge in [-0.15, -0.1) is 0 Å². The van der Waals surface area contributed by atoms with E-state index in [2.05, 4.69) is 19.9 Å². The van der Waals surface area contributed by atoms with Crippen molar-refractivity contribution in [3.63, 3.8) is 0 Å². The standard InChI is InChI=1S/C8H11ClN2O.C4H2Cl2N2/c1-8(2,3)12-7-6(9)10-4-5-11-7;5-3-4(6)8-2-1-7-3/h4-5H,1-3H3;1-2H. The monoisotopic (exact) mass is 334 g/mol. The van der Waals surface area contributed by atoms with E-state index < -0.39 is 0 Å². The number of halogens is 3. The third-order valence-electron chi connectivity index (χ3n) is 1.64. The van der Waals surface area contributed by atoms with Crippen LogP contribution in [0.3, 0.4) is 0 Å². The summed E-state index contributed by atoms with van der Waals surface area (Å²) in [6.45, 7) is 5.79. The van der Waals surface area contributed by atoms with Gasteiger partial charge in [-0.3, -0.25) is 0 Å². The van der Waals surface area contributed by atoms with Crippen molar-refractivity contribution in [1.82, 2.24) is 19.9 Å². The van der Waals surface area contributed by atoms with Crippen molar-refractivity contribution in [2.45, 2.75) is 26.4 Å². The molecule has 20 heavy (non-hydrogen) atoms. The van der Waals surface area contributed by atoms with E-state index in [1.807, 2.05) is 20.8 Å². The van der Waals surface area contributed by atoms with Crippen LogP contribution in [0.2, 0.25) is 15.5 Å². The molecule has 0 saturated carbocycles. The highest BCUT2D eigenvalue weighted by Gasteiger charge is 2.14. The lowest BCUT2D eigenvalue weighted by Crippen LogP contribution is -2.23. The van der Waals surface area contributed by atoms with E-state index in [-0.39, 0.29) is 15.9 Å². The molecule has 2 rings (SSSR count). The molecule has 108 valence electrons. The zero-order valence-corrected chi connectivity index (χ0v) is 13.4. The van der Waals surface area contributed by atoms with Crippen LogP contribution in [0.25, 0.3) is 0 Å². The van der Waals surface area contributed by atoms with Gasteiger partial charge in [-0.1, -0.05) is 34.8 Å². The number of hydrogen-bond donors (Lipinski definition) is 0. The van der Waals surface area contributed by atoms with Crippen LogP contribution >= 0.6 is 34.8 Å². The van der Waals surface area contributed by atoms with Gasteiger partial charge in [0.15, 0.2) is 15.5 Å². The van der Waals surface area contributed by atoms with Crippen LogP contribution in [-0.2, 0) is 0 Å². The van der Waals surface area contributed by atoms with Crippen LogP contribution in [0.1, 0.15) is 20.8 Å². The van der Waals surface area contributed by atoms with E-state index in [1.165, 1.54) is 18.6 Å². The van der Waals surface area contributed by atoms with Gasteiger partial charge in [-0.05, 0) is 20.8 Å². The zero-order chi connectivity index (χ0) is 15.2. The summed E-state index contributed by atoms with van der Waals surface area (Å²) in [5.74, 6) is 0.381. The molecule has 0 aliphatic rings. The summed E-state index contributed by atoms with van der Waals surface area (Å²) in [4.78, 5) is 15.1. The van der Waals surface area contributed by atoms with Crippen LogP contribution in [0.4, 0.5) is 0 Å². The Morgan fingerprint density at radius 2 is 1.15 bits per heavy atom. The Balaban J connectivity index is 0.000000217. The van der Waals surface area contributed by atoms with E-state index >= 15 is 0 Å². The van der Waals surface area contributed by atoms with E-state index in [1.54, 1.807) is 6.20 Å². The van der Waals surface area contributed by atoms with E-state index in [4.69, 9.17) is 39.5 Å². The summed E-state index contributed by atoms with van der Waals surface area (Å²) in [5.41, 5.74) is -0.292. The van der Waals surface area contributed by atoms with Crippen molar-refractivity contribution < 1.29 is 4.74 Å². The Morgan fingerprint density at radius 3 is 1.50 bits per heavy atom. The molecule has 0 saturated heterocycles. The molecule has 0 aliphatic heterocycles. The number of hydrogen-bond acceptors (Lipinski definition) is 5. The second kappa shape index (κ2) is 7.57. The lowest BCUT2D eigenvalue weighted by Gasteiger charge is -2.20. The van der Waals surface area contributed by atoms with Crippen LogP contribution in [-0.4, -0.2) is 25.5 Å². The Morgan fingerprint density at radius 1 is 0.750 bits per heavy atom. The van der Waals surface area contributed by atoms with Crippen molar-refractivity contribution >= 4 is 34.8 Å². The SMILES string of the molecule is CC(C)(C)Oc1nccnc1Cl.Clc1nccnc1Cl. The lowest BCUT2D eigenvalue weighted by atomic mass is 10.2. The number of aromatic nitrogens is 4. The summed E-state index contributed by atoms with van der Waals surface area (Å²) in [7, 11) is 0.